The summed E-state index contributed by atoms with van der Waals surface area (Å²) in [5.41, 5.74) is 3.60. The third kappa shape index (κ3) is 4.35. The van der Waals surface area contributed by atoms with Gasteiger partial charge in [0.15, 0.2) is 11.4 Å². The predicted octanol–water partition coefficient (Wildman–Crippen LogP) is 2.89. The number of nitrogens with zero attached hydrogens (tertiary/aromatic N) is 1. The largest absolute Gasteiger partial charge is 0.508 e. The summed E-state index contributed by atoms with van der Waals surface area (Å²) in [5, 5.41) is 45.6. The van der Waals surface area contributed by atoms with Crippen molar-refractivity contribution in [2.24, 2.45) is 23.5 Å². The number of nitrogens with two attached hydrogens (primary N) is 1. The maximum absolute atomic E-state index is 14.0. The van der Waals surface area contributed by atoms with Gasteiger partial charge in [0.05, 0.1) is 11.6 Å². The van der Waals surface area contributed by atoms with Gasteiger partial charge in [-0.1, -0.05) is 13.0 Å². The van der Waals surface area contributed by atoms with Crippen molar-refractivity contribution < 1.29 is 43.6 Å². The summed E-state index contributed by atoms with van der Waals surface area (Å²) in [4.78, 5) is 40.8. The molecule has 1 amide bonds. The quantitative estimate of drug-likeness (QED) is 0.336. The molecular formula is C30H36F2N2O7. The van der Waals surface area contributed by atoms with Crippen LogP contribution >= 0.6 is 0 Å². The standard InChI is InChI=1S/C30H36F2N2O7/c1-4-14-10-16(9-13-5-7-29(31,32)8-6-13)23(35)20-17(14)11-15-12-18-22(34(2)3)25(37)21(28(33)40)27(39)30(18,41)26(38)19(15)24(20)36/h10,13,15,18,22,35-36,39,41H,4-9,11-12H2,1-3H3,(H2,33,40)/t15-,18-,22-,30-/m0/s1. The first-order chi connectivity index (χ1) is 19.1. The number of aliphatic hydroxyl groups is 3. The van der Waals surface area contributed by atoms with E-state index in [-0.39, 0.29) is 48.5 Å². The van der Waals surface area contributed by atoms with Gasteiger partial charge < -0.3 is 26.2 Å². The van der Waals surface area contributed by atoms with Gasteiger partial charge in [0.2, 0.25) is 11.7 Å². The highest BCUT2D eigenvalue weighted by Gasteiger charge is 2.64. The number of likely N-dealkylation sites (N-methyl/N-ethyl adjacent to an activating group) is 1. The Morgan fingerprint density at radius 1 is 1.12 bits per heavy atom. The van der Waals surface area contributed by atoms with Crippen LogP contribution in [0.1, 0.15) is 61.3 Å². The second kappa shape index (κ2) is 9.90. The zero-order valence-corrected chi connectivity index (χ0v) is 23.3. The number of primary amides is 1. The van der Waals surface area contributed by atoms with Gasteiger partial charge in [-0.15, -0.1) is 0 Å². The minimum Gasteiger partial charge on any atom is -0.508 e. The average molecular weight is 575 g/mol. The number of benzene rings is 1. The number of aromatic hydroxyl groups is 1. The monoisotopic (exact) mass is 574 g/mol. The van der Waals surface area contributed by atoms with E-state index in [0.717, 1.165) is 5.56 Å². The first kappa shape index (κ1) is 29.2. The van der Waals surface area contributed by atoms with Gasteiger partial charge in [0.1, 0.15) is 22.8 Å². The number of rotatable bonds is 5. The van der Waals surface area contributed by atoms with E-state index in [9.17, 15) is 43.6 Å². The van der Waals surface area contributed by atoms with Crippen LogP contribution in [0.25, 0.3) is 5.76 Å². The molecule has 0 bridgehead atoms. The molecule has 0 spiro atoms. The van der Waals surface area contributed by atoms with Crippen molar-refractivity contribution >= 4 is 23.2 Å². The number of aryl methyl sites for hydroxylation is 1. The fraction of sp³-hybridized carbons (Fsp3) is 0.567. The molecule has 4 aliphatic carbocycles. The molecule has 11 heteroatoms. The van der Waals surface area contributed by atoms with Crippen LogP contribution in [0.5, 0.6) is 5.75 Å². The minimum absolute atomic E-state index is 0.0215. The van der Waals surface area contributed by atoms with Crippen molar-refractivity contribution in [1.82, 2.24) is 4.90 Å². The Morgan fingerprint density at radius 2 is 1.76 bits per heavy atom. The van der Waals surface area contributed by atoms with Crippen molar-refractivity contribution in [2.45, 2.75) is 75.9 Å². The molecule has 4 aliphatic rings. The van der Waals surface area contributed by atoms with E-state index < -0.39 is 64.0 Å². The Hall–Kier alpha value is -3.31. The molecule has 4 atom stereocenters. The summed E-state index contributed by atoms with van der Waals surface area (Å²) < 4.78 is 27.4. The molecule has 1 aromatic carbocycles. The molecule has 41 heavy (non-hydrogen) atoms. The number of hydrogen-bond acceptors (Lipinski definition) is 8. The van der Waals surface area contributed by atoms with E-state index >= 15 is 0 Å². The van der Waals surface area contributed by atoms with Gasteiger partial charge in [-0.2, -0.15) is 0 Å². The normalized spacial score (nSPS) is 29.9. The Morgan fingerprint density at radius 3 is 2.32 bits per heavy atom. The molecule has 0 radical (unpaired) electrons. The van der Waals surface area contributed by atoms with Crippen LogP contribution in [0.3, 0.4) is 0 Å². The van der Waals surface area contributed by atoms with Gasteiger partial charge in [-0.3, -0.25) is 19.3 Å². The van der Waals surface area contributed by atoms with E-state index in [1.165, 1.54) is 4.90 Å². The molecule has 0 aliphatic heterocycles. The third-order valence-electron chi connectivity index (χ3n) is 9.62. The molecule has 0 saturated heterocycles. The van der Waals surface area contributed by atoms with Crippen molar-refractivity contribution in [3.63, 3.8) is 0 Å². The lowest BCUT2D eigenvalue weighted by molar-refractivity contribution is -0.153. The number of fused-ring (bicyclic) bond motifs is 3. The topological polar surface area (TPSA) is 161 Å². The lowest BCUT2D eigenvalue weighted by Gasteiger charge is -2.50. The van der Waals surface area contributed by atoms with Crippen LogP contribution in [-0.4, -0.2) is 74.5 Å². The fourth-order valence-corrected chi connectivity index (χ4v) is 7.54. The number of carbonyl (C=O) groups excluding carboxylic acids is 3. The lowest BCUT2D eigenvalue weighted by atomic mass is 9.57. The Labute approximate surface area is 236 Å². The van der Waals surface area contributed by atoms with E-state index in [4.69, 9.17) is 5.73 Å². The molecule has 2 saturated carbocycles. The average Bonchev–Trinajstić information content (AvgIpc) is 2.88. The summed E-state index contributed by atoms with van der Waals surface area (Å²) in [5.74, 6) is -9.61. The number of phenolic OH excluding ortho intramolecular Hbond substituents is 1. The highest BCUT2D eigenvalue weighted by atomic mass is 19.3. The molecular weight excluding hydrogens is 538 g/mol. The maximum Gasteiger partial charge on any atom is 0.255 e. The van der Waals surface area contributed by atoms with Crippen LogP contribution in [-0.2, 0) is 33.6 Å². The molecule has 0 heterocycles. The summed E-state index contributed by atoms with van der Waals surface area (Å²) >= 11 is 0. The molecule has 222 valence electrons. The number of hydrogen-bond donors (Lipinski definition) is 5. The SMILES string of the molecule is CCc1cc(CC2CCC(F)(F)CC2)c(O)c2c1C[C@H]1C[C@H]3[C@H](N(C)C)C(=O)C(C(N)=O)=C(O)[C@@]3(O)C(=O)C1=C2O. The zero-order valence-electron chi connectivity index (χ0n) is 23.3. The van der Waals surface area contributed by atoms with Crippen molar-refractivity contribution in [2.75, 3.05) is 14.1 Å². The smallest absolute Gasteiger partial charge is 0.255 e. The summed E-state index contributed by atoms with van der Waals surface area (Å²) in [7, 11) is 3.10. The van der Waals surface area contributed by atoms with Gasteiger partial charge in [0, 0.05) is 24.3 Å². The molecule has 5 rings (SSSR count). The first-order valence-corrected chi connectivity index (χ1v) is 14.0. The first-order valence-electron chi connectivity index (χ1n) is 14.0. The van der Waals surface area contributed by atoms with Crippen LogP contribution < -0.4 is 5.73 Å². The molecule has 2 fully saturated rings. The van der Waals surface area contributed by atoms with Crippen LogP contribution in [0, 0.1) is 17.8 Å². The highest BCUT2D eigenvalue weighted by molar-refractivity contribution is 6.24. The molecule has 1 aromatic rings. The van der Waals surface area contributed by atoms with E-state index in [0.29, 0.717) is 36.8 Å². The van der Waals surface area contributed by atoms with Crippen LogP contribution in [0.4, 0.5) is 8.78 Å². The number of carbonyl (C=O) groups is 3. The second-order valence-electron chi connectivity index (χ2n) is 12.2. The molecule has 0 unspecified atom stereocenters. The predicted molar refractivity (Wildman–Crippen MR) is 144 cm³/mol. The number of ketones is 2. The van der Waals surface area contributed by atoms with E-state index in [2.05, 4.69) is 0 Å². The van der Waals surface area contributed by atoms with E-state index in [1.807, 2.05) is 13.0 Å². The summed E-state index contributed by atoms with van der Waals surface area (Å²) in [6, 6.07) is 0.692. The number of Topliss-reactive ketones (excluding diaryl/α,β-unsaturated/α-hetero) is 2. The number of alkyl halides is 2. The number of amides is 1. The van der Waals surface area contributed by atoms with Gasteiger partial charge in [0.25, 0.3) is 5.91 Å². The van der Waals surface area contributed by atoms with Crippen molar-refractivity contribution in [1.29, 1.82) is 0 Å². The Kier molecular flexibility index (Phi) is 7.05. The molecule has 0 aromatic heterocycles. The van der Waals surface area contributed by atoms with Crippen LogP contribution in [0.15, 0.2) is 23.0 Å². The van der Waals surface area contributed by atoms with E-state index in [1.54, 1.807) is 14.1 Å². The van der Waals surface area contributed by atoms with Gasteiger partial charge in [-0.25, -0.2) is 8.78 Å². The number of aliphatic hydroxyl groups excluding tert-OH is 2. The second-order valence-corrected chi connectivity index (χ2v) is 12.2. The third-order valence-corrected chi connectivity index (χ3v) is 9.62. The highest BCUT2D eigenvalue weighted by Crippen LogP contribution is 2.53. The van der Waals surface area contributed by atoms with Crippen molar-refractivity contribution in [3.05, 3.63) is 45.2 Å². The summed E-state index contributed by atoms with van der Waals surface area (Å²) in [6.07, 6.45) is 1.26. The van der Waals surface area contributed by atoms with Crippen molar-refractivity contribution in [3.8, 4) is 5.75 Å². The zero-order chi connectivity index (χ0) is 30.2. The number of phenols is 1. The Balaban J connectivity index is 1.63. The van der Waals surface area contributed by atoms with Gasteiger partial charge >= 0.3 is 0 Å². The van der Waals surface area contributed by atoms with Gasteiger partial charge in [-0.05, 0) is 81.1 Å². The lowest BCUT2D eigenvalue weighted by Crippen LogP contribution is -2.65. The molecule has 9 nitrogen and oxygen atoms in total. The molecule has 6 N–H and O–H groups in total. The number of halogens is 2. The minimum atomic E-state index is -2.70. The van der Waals surface area contributed by atoms with Crippen LogP contribution in [0.2, 0.25) is 0 Å². The Bertz CT molecular complexity index is 1410. The fourth-order valence-electron chi connectivity index (χ4n) is 7.54. The summed E-state index contributed by atoms with van der Waals surface area (Å²) in [6.45, 7) is 1.91. The maximum atomic E-state index is 14.0.